The standard InChI is InChI=1S/C35H36N4O6/c1-18-12-21-13-23-25(15-36)39-24(30(38(23)3)28(21)32(42)33(18)43-4)14-22-29(35-34(44-17-45-35)19(2)31(22)41)26(39)16-37-27(40)11-10-20-8-6-5-7-9-20/h5-12,23-26,30,41-42H,13-14,16-17H2,1-4H3,(H,37,40)/t23-,24?,25-,26-,30-/m0/s1. The monoisotopic (exact) mass is 608 g/mol. The minimum Gasteiger partial charge on any atom is -0.507 e. The molecule has 4 aliphatic rings. The van der Waals surface area contributed by atoms with Gasteiger partial charge in [0.2, 0.25) is 12.7 Å². The van der Waals surface area contributed by atoms with Crippen molar-refractivity contribution in [2.24, 2.45) is 0 Å². The molecule has 1 amide bonds. The van der Waals surface area contributed by atoms with Crippen molar-refractivity contribution in [2.45, 2.75) is 56.9 Å². The van der Waals surface area contributed by atoms with Crippen molar-refractivity contribution < 1.29 is 29.2 Å². The number of amides is 1. The fraction of sp³-hybridized carbons (Fsp3) is 0.371. The third kappa shape index (κ3) is 4.41. The van der Waals surface area contributed by atoms with E-state index in [1.807, 2.05) is 44.3 Å². The van der Waals surface area contributed by atoms with Crippen molar-refractivity contribution in [1.82, 2.24) is 15.1 Å². The summed E-state index contributed by atoms with van der Waals surface area (Å²) in [6.07, 6.45) is 4.21. The zero-order chi connectivity index (χ0) is 31.6. The molecule has 1 saturated heterocycles. The van der Waals surface area contributed by atoms with Crippen LogP contribution in [-0.4, -0.2) is 71.5 Å². The van der Waals surface area contributed by atoms with E-state index in [0.717, 1.165) is 27.8 Å². The number of methoxy groups -OCH3 is 1. The molecule has 0 spiro atoms. The molecule has 7 rings (SSSR count). The average molecular weight is 609 g/mol. The van der Waals surface area contributed by atoms with Crippen LogP contribution >= 0.6 is 0 Å². The highest BCUT2D eigenvalue weighted by Crippen LogP contribution is 2.58. The molecule has 1 unspecified atom stereocenters. The number of piperazine rings is 1. The summed E-state index contributed by atoms with van der Waals surface area (Å²) in [4.78, 5) is 17.5. The molecule has 0 radical (unpaired) electrons. The summed E-state index contributed by atoms with van der Waals surface area (Å²) < 4.78 is 17.4. The SMILES string of the molecule is COc1c(C)cc2c(c1O)[C@@H]1C3Cc4c(O)c(C)c5c(c4[C@H](CNC(=O)C=Cc4ccccc4)N3[C@@H](C#N)[C@H](C2)N1C)OCO5. The number of benzene rings is 3. The van der Waals surface area contributed by atoms with Gasteiger partial charge in [-0.25, -0.2) is 0 Å². The van der Waals surface area contributed by atoms with Crippen molar-refractivity contribution in [3.63, 3.8) is 0 Å². The quantitative estimate of drug-likeness (QED) is 0.368. The zero-order valence-electron chi connectivity index (χ0n) is 25.7. The lowest BCUT2D eigenvalue weighted by Gasteiger charge is -2.60. The Bertz CT molecular complexity index is 1770. The van der Waals surface area contributed by atoms with Gasteiger partial charge in [-0.2, -0.15) is 5.26 Å². The first kappa shape index (κ1) is 29.0. The summed E-state index contributed by atoms with van der Waals surface area (Å²) in [5, 5.41) is 37.0. The van der Waals surface area contributed by atoms with Gasteiger partial charge in [0.1, 0.15) is 11.8 Å². The molecule has 5 atom stereocenters. The van der Waals surface area contributed by atoms with Gasteiger partial charge < -0.3 is 29.7 Å². The molecule has 3 aromatic rings. The Labute approximate surface area is 262 Å². The molecule has 2 bridgehead atoms. The molecule has 0 aliphatic carbocycles. The Balaban J connectivity index is 1.36. The van der Waals surface area contributed by atoms with Gasteiger partial charge in [0.05, 0.1) is 25.3 Å². The number of aromatic hydroxyl groups is 2. The lowest BCUT2D eigenvalue weighted by molar-refractivity contribution is -0.117. The number of phenolic OH excluding ortho intramolecular Hbond substituents is 2. The van der Waals surface area contributed by atoms with E-state index in [2.05, 4.69) is 27.3 Å². The Morgan fingerprint density at radius 2 is 1.87 bits per heavy atom. The molecule has 10 nitrogen and oxygen atoms in total. The molecule has 4 aliphatic heterocycles. The Morgan fingerprint density at radius 3 is 2.60 bits per heavy atom. The van der Waals surface area contributed by atoms with E-state index in [1.54, 1.807) is 20.1 Å². The Morgan fingerprint density at radius 1 is 1.11 bits per heavy atom. The summed E-state index contributed by atoms with van der Waals surface area (Å²) in [5.74, 6) is 1.40. The second kappa shape index (κ2) is 11.0. The van der Waals surface area contributed by atoms with E-state index in [4.69, 9.17) is 14.2 Å². The summed E-state index contributed by atoms with van der Waals surface area (Å²) in [7, 11) is 3.55. The highest BCUT2D eigenvalue weighted by atomic mass is 16.7. The van der Waals surface area contributed by atoms with Crippen molar-refractivity contribution >= 4 is 12.0 Å². The van der Waals surface area contributed by atoms with E-state index in [0.29, 0.717) is 41.2 Å². The van der Waals surface area contributed by atoms with Crippen molar-refractivity contribution in [1.29, 1.82) is 5.26 Å². The highest BCUT2D eigenvalue weighted by molar-refractivity contribution is 5.91. The number of carbonyl (C=O) groups is 1. The van der Waals surface area contributed by atoms with Crippen LogP contribution in [0.3, 0.4) is 0 Å². The van der Waals surface area contributed by atoms with Gasteiger partial charge in [-0.3, -0.25) is 14.6 Å². The molecule has 45 heavy (non-hydrogen) atoms. The van der Waals surface area contributed by atoms with E-state index in [1.165, 1.54) is 6.08 Å². The molecule has 0 aromatic heterocycles. The molecule has 0 saturated carbocycles. The van der Waals surface area contributed by atoms with Crippen LogP contribution in [0.4, 0.5) is 0 Å². The zero-order valence-corrected chi connectivity index (χ0v) is 25.7. The van der Waals surface area contributed by atoms with Crippen LogP contribution in [0.1, 0.15) is 51.0 Å². The van der Waals surface area contributed by atoms with E-state index >= 15 is 0 Å². The van der Waals surface area contributed by atoms with Gasteiger partial charge >= 0.3 is 0 Å². The van der Waals surface area contributed by atoms with Crippen LogP contribution in [0.15, 0.2) is 42.5 Å². The largest absolute Gasteiger partial charge is 0.507 e. The summed E-state index contributed by atoms with van der Waals surface area (Å²) in [6, 6.07) is 12.3. The smallest absolute Gasteiger partial charge is 0.244 e. The second-order valence-corrected chi connectivity index (χ2v) is 12.3. The van der Waals surface area contributed by atoms with Gasteiger partial charge in [-0.15, -0.1) is 0 Å². The number of nitriles is 1. The van der Waals surface area contributed by atoms with Crippen LogP contribution in [0.2, 0.25) is 0 Å². The van der Waals surface area contributed by atoms with Crippen LogP contribution < -0.4 is 19.5 Å². The Hall–Kier alpha value is -4.72. The van der Waals surface area contributed by atoms with E-state index in [-0.39, 0.29) is 48.9 Å². The number of fused-ring (bicyclic) bond motifs is 9. The fourth-order valence-electron chi connectivity index (χ4n) is 8.04. The van der Waals surface area contributed by atoms with Gasteiger partial charge in [0, 0.05) is 47.0 Å². The molecular weight excluding hydrogens is 572 g/mol. The normalized spacial score (nSPS) is 24.8. The number of carbonyl (C=O) groups excluding carboxylic acids is 1. The van der Waals surface area contributed by atoms with Crippen LogP contribution in [0.25, 0.3) is 6.08 Å². The van der Waals surface area contributed by atoms with Gasteiger partial charge in [0.15, 0.2) is 23.0 Å². The topological polar surface area (TPSA) is 128 Å². The molecule has 3 aromatic carbocycles. The highest BCUT2D eigenvalue weighted by Gasteiger charge is 2.56. The van der Waals surface area contributed by atoms with Gasteiger partial charge in [0.25, 0.3) is 0 Å². The van der Waals surface area contributed by atoms with Crippen molar-refractivity contribution in [3.8, 4) is 34.8 Å². The molecule has 232 valence electrons. The number of hydrogen-bond donors (Lipinski definition) is 3. The maximum atomic E-state index is 13.2. The molecule has 4 heterocycles. The minimum atomic E-state index is -0.551. The third-order valence-corrected chi connectivity index (χ3v) is 9.99. The average Bonchev–Trinajstić information content (AvgIpc) is 3.53. The third-order valence-electron chi connectivity index (χ3n) is 9.99. The Kier molecular flexibility index (Phi) is 7.10. The molecular formula is C35H36N4O6. The second-order valence-electron chi connectivity index (χ2n) is 12.3. The number of likely N-dealkylation sites (N-methyl/N-ethyl adjacent to an activating group) is 1. The van der Waals surface area contributed by atoms with Crippen LogP contribution in [0, 0.1) is 25.2 Å². The first-order valence-corrected chi connectivity index (χ1v) is 15.2. The molecule has 1 fully saturated rings. The number of phenols is 2. The number of rotatable bonds is 5. The number of aryl methyl sites for hydroxylation is 1. The predicted molar refractivity (Wildman–Crippen MR) is 166 cm³/mol. The summed E-state index contributed by atoms with van der Waals surface area (Å²) in [5.41, 5.74) is 5.52. The number of hydrogen-bond acceptors (Lipinski definition) is 9. The first-order chi connectivity index (χ1) is 21.7. The molecule has 10 heteroatoms. The van der Waals surface area contributed by atoms with Gasteiger partial charge in [-0.1, -0.05) is 36.4 Å². The number of nitrogens with one attached hydrogen (secondary N) is 1. The maximum Gasteiger partial charge on any atom is 0.244 e. The maximum absolute atomic E-state index is 13.2. The predicted octanol–water partition coefficient (Wildman–Crippen LogP) is 4.05. The molecule has 3 N–H and O–H groups in total. The lowest BCUT2D eigenvalue weighted by atomic mass is 9.71. The fourth-order valence-corrected chi connectivity index (χ4v) is 8.04. The van der Waals surface area contributed by atoms with Gasteiger partial charge in [-0.05, 0) is 56.5 Å². The van der Waals surface area contributed by atoms with Crippen LogP contribution in [0.5, 0.6) is 28.7 Å². The summed E-state index contributed by atoms with van der Waals surface area (Å²) >= 11 is 0. The number of nitrogens with zero attached hydrogens (tertiary/aromatic N) is 3. The lowest BCUT2D eigenvalue weighted by Crippen LogP contribution is -2.68. The number of ether oxygens (including phenoxy) is 3. The minimum absolute atomic E-state index is 0.0183. The van der Waals surface area contributed by atoms with Crippen molar-refractivity contribution in [3.05, 3.63) is 81.4 Å². The van der Waals surface area contributed by atoms with Crippen molar-refractivity contribution in [2.75, 3.05) is 27.5 Å². The first-order valence-electron chi connectivity index (χ1n) is 15.2. The van der Waals surface area contributed by atoms with E-state index < -0.39 is 12.1 Å². The summed E-state index contributed by atoms with van der Waals surface area (Å²) in [6.45, 7) is 3.89. The van der Waals surface area contributed by atoms with E-state index in [9.17, 15) is 20.3 Å². The van der Waals surface area contributed by atoms with Crippen LogP contribution in [-0.2, 0) is 17.6 Å².